The third kappa shape index (κ3) is 6.10. The molecule has 1 saturated heterocycles. The Kier molecular flexibility index (Phi) is 8.83. The topological polar surface area (TPSA) is 139 Å². The first kappa shape index (κ1) is 25.6. The molecule has 1 heterocycles. The van der Waals surface area contributed by atoms with Crippen LogP contribution in [0.15, 0.2) is 0 Å². The molecule has 0 spiro atoms. The Bertz CT molecular complexity index is 720. The average molecular weight is 468 g/mol. The number of urea groups is 1. The zero-order valence-corrected chi connectivity index (χ0v) is 19.6. The van der Waals surface area contributed by atoms with E-state index < -0.39 is 22.5 Å². The Morgan fingerprint density at radius 2 is 1.79 bits per heavy atom. The Hall–Kier alpha value is -2.04. The van der Waals surface area contributed by atoms with Crippen LogP contribution < -0.4 is 11.1 Å². The fourth-order valence-electron chi connectivity index (χ4n) is 5.88. The number of alkyl carbamates (subject to hydrolysis) is 1. The van der Waals surface area contributed by atoms with Gasteiger partial charge in [0.1, 0.15) is 12.1 Å². The first-order valence-electron chi connectivity index (χ1n) is 12.4. The maximum atomic E-state index is 13.9. The van der Waals surface area contributed by atoms with Crippen LogP contribution in [0.3, 0.4) is 0 Å². The van der Waals surface area contributed by atoms with Crippen molar-refractivity contribution in [1.82, 2.24) is 10.4 Å². The van der Waals surface area contributed by atoms with Gasteiger partial charge in [-0.25, -0.2) is 24.8 Å². The molecule has 1 aliphatic heterocycles. The number of carbonyl (C=O) groups excluding carboxylic acids is 4. The molecule has 0 radical (unpaired) electrons. The Labute approximate surface area is 195 Å². The fraction of sp³-hybridized carbons (Fsp3) is 0.826. The number of rotatable bonds is 7. The number of quaternary nitrogens is 1. The smallest absolute Gasteiger partial charge is 0.433 e. The van der Waals surface area contributed by atoms with Crippen LogP contribution in [0.5, 0.6) is 0 Å². The quantitative estimate of drug-likeness (QED) is 0.226. The van der Waals surface area contributed by atoms with Gasteiger partial charge < -0.3 is 10.5 Å². The predicted molar refractivity (Wildman–Crippen MR) is 119 cm³/mol. The number of hydrogen-bond donors (Lipinski definition) is 3. The second kappa shape index (κ2) is 11.4. The molecule has 3 aliphatic rings. The SMILES string of the molecule is C[C@@H]1CCC[N+]1(C(=O)NC(=O)OC1CCC(N)CC1)C(=O)[C@H](CC1CCCC1)CN(O)C=O. The highest BCUT2D eigenvalue weighted by molar-refractivity contribution is 5.93. The predicted octanol–water partition coefficient (Wildman–Crippen LogP) is 2.67. The molecule has 0 bridgehead atoms. The number of nitrogens with two attached hydrogens (primary N) is 1. The molecule has 2 saturated carbocycles. The minimum absolute atomic E-state index is 0.112. The standard InChI is InChI=1S/C23H38N4O6/c1-16-5-4-12-27(16,22(30)25-23(31)33-20-10-8-19(24)9-11-20)21(29)18(14-26(32)15-28)13-17-6-2-3-7-17/h15-20,32H,2-14,24H2,1H3/p+1/t16-,18-,19?,20?,27?/m1/s1. The number of amides is 5. The monoisotopic (exact) mass is 467 g/mol. The van der Waals surface area contributed by atoms with E-state index in [2.05, 4.69) is 5.32 Å². The van der Waals surface area contributed by atoms with Gasteiger partial charge in [-0.15, -0.1) is 0 Å². The van der Waals surface area contributed by atoms with Crippen molar-refractivity contribution in [3.05, 3.63) is 0 Å². The molecule has 4 N–H and O–H groups in total. The largest absolute Gasteiger partial charge is 0.446 e. The Morgan fingerprint density at radius 3 is 2.36 bits per heavy atom. The van der Waals surface area contributed by atoms with Crippen molar-refractivity contribution < 1.29 is 33.6 Å². The molecule has 33 heavy (non-hydrogen) atoms. The molecule has 2 aliphatic carbocycles. The molecule has 0 aromatic heterocycles. The molecular weight excluding hydrogens is 428 g/mol. The van der Waals surface area contributed by atoms with Crippen molar-refractivity contribution in [2.45, 2.75) is 95.7 Å². The third-order valence-electron chi connectivity index (χ3n) is 7.81. The number of carbonyl (C=O) groups is 4. The van der Waals surface area contributed by atoms with E-state index in [9.17, 15) is 24.4 Å². The fourth-order valence-corrected chi connectivity index (χ4v) is 5.88. The van der Waals surface area contributed by atoms with E-state index in [1.807, 2.05) is 6.92 Å². The van der Waals surface area contributed by atoms with E-state index in [-0.39, 0.29) is 43.6 Å². The van der Waals surface area contributed by atoms with Gasteiger partial charge in [-0.3, -0.25) is 10.0 Å². The van der Waals surface area contributed by atoms with Crippen molar-refractivity contribution in [2.75, 3.05) is 13.1 Å². The molecule has 3 fully saturated rings. The maximum absolute atomic E-state index is 13.9. The summed E-state index contributed by atoms with van der Waals surface area (Å²) in [5.41, 5.74) is 5.89. The van der Waals surface area contributed by atoms with Crippen molar-refractivity contribution >= 4 is 24.4 Å². The number of nitrogens with one attached hydrogen (secondary N) is 1. The summed E-state index contributed by atoms with van der Waals surface area (Å²) in [7, 11) is 0. The van der Waals surface area contributed by atoms with Crippen LogP contribution >= 0.6 is 0 Å². The number of nitrogens with zero attached hydrogens (tertiary/aromatic N) is 2. The molecule has 3 atom stereocenters. The molecule has 10 heteroatoms. The van der Waals surface area contributed by atoms with E-state index in [0.29, 0.717) is 43.1 Å². The van der Waals surface area contributed by atoms with Gasteiger partial charge in [-0.1, -0.05) is 25.7 Å². The molecule has 10 nitrogen and oxygen atoms in total. The minimum atomic E-state index is -0.839. The normalized spacial score (nSPS) is 31.1. The highest BCUT2D eigenvalue weighted by Crippen LogP contribution is 2.36. The molecule has 0 aromatic rings. The summed E-state index contributed by atoms with van der Waals surface area (Å²) in [6, 6.07) is -0.886. The molecule has 5 amide bonds. The molecule has 3 rings (SSSR count). The van der Waals surface area contributed by atoms with Gasteiger partial charge >= 0.3 is 18.0 Å². The van der Waals surface area contributed by atoms with E-state index in [4.69, 9.17) is 10.5 Å². The van der Waals surface area contributed by atoms with Gasteiger partial charge in [0.05, 0.1) is 19.0 Å². The van der Waals surface area contributed by atoms with Crippen LogP contribution in [0.1, 0.15) is 77.6 Å². The maximum Gasteiger partial charge on any atom is 0.433 e. The second-order valence-electron chi connectivity index (χ2n) is 10.1. The van der Waals surface area contributed by atoms with Gasteiger partial charge in [0.15, 0.2) is 0 Å². The Balaban J connectivity index is 1.73. The van der Waals surface area contributed by atoms with E-state index in [1.165, 1.54) is 0 Å². The summed E-state index contributed by atoms with van der Waals surface area (Å²) >= 11 is 0. The molecular formula is C23H39N4O6+. The Morgan fingerprint density at radius 1 is 1.12 bits per heavy atom. The van der Waals surface area contributed by atoms with Crippen LogP contribution in [-0.2, 0) is 14.3 Å². The second-order valence-corrected chi connectivity index (χ2v) is 10.1. The lowest BCUT2D eigenvalue weighted by Crippen LogP contribution is -2.65. The van der Waals surface area contributed by atoms with E-state index >= 15 is 0 Å². The zero-order chi connectivity index (χ0) is 24.0. The first-order chi connectivity index (χ1) is 15.8. The average Bonchev–Trinajstić information content (AvgIpc) is 3.44. The van der Waals surface area contributed by atoms with Gasteiger partial charge in [0, 0.05) is 18.9 Å². The first-order valence-corrected chi connectivity index (χ1v) is 12.4. The summed E-state index contributed by atoms with van der Waals surface area (Å²) in [5, 5.41) is 12.7. The van der Waals surface area contributed by atoms with Crippen molar-refractivity contribution in [3.63, 3.8) is 0 Å². The van der Waals surface area contributed by atoms with E-state index in [1.54, 1.807) is 0 Å². The molecule has 0 aromatic carbocycles. The lowest BCUT2D eigenvalue weighted by molar-refractivity contribution is -0.786. The van der Waals surface area contributed by atoms with Crippen LogP contribution in [0.25, 0.3) is 0 Å². The van der Waals surface area contributed by atoms with Crippen LogP contribution in [0.2, 0.25) is 0 Å². The van der Waals surface area contributed by atoms with Gasteiger partial charge in [0.2, 0.25) is 6.41 Å². The van der Waals surface area contributed by atoms with Gasteiger partial charge in [-0.05, 0) is 44.9 Å². The lowest BCUT2D eigenvalue weighted by atomic mass is 9.91. The summed E-state index contributed by atoms with van der Waals surface area (Å²) in [5.74, 6) is -0.713. The molecule has 186 valence electrons. The van der Waals surface area contributed by atoms with Crippen LogP contribution in [-0.4, -0.2) is 70.5 Å². The number of imide groups is 2. The minimum Gasteiger partial charge on any atom is -0.446 e. The lowest BCUT2D eigenvalue weighted by Gasteiger charge is -2.36. The zero-order valence-electron chi connectivity index (χ0n) is 19.6. The van der Waals surface area contributed by atoms with Crippen molar-refractivity contribution in [2.24, 2.45) is 17.6 Å². The summed E-state index contributed by atoms with van der Waals surface area (Å²) in [4.78, 5) is 50.8. The molecule has 1 unspecified atom stereocenters. The highest BCUT2D eigenvalue weighted by Gasteiger charge is 2.55. The van der Waals surface area contributed by atoms with Crippen LogP contribution in [0.4, 0.5) is 9.59 Å². The van der Waals surface area contributed by atoms with Crippen molar-refractivity contribution in [3.8, 4) is 0 Å². The van der Waals surface area contributed by atoms with Crippen LogP contribution in [0, 0.1) is 11.8 Å². The summed E-state index contributed by atoms with van der Waals surface area (Å²) in [6.07, 6.45) is 8.01. The van der Waals surface area contributed by atoms with Gasteiger partial charge in [-0.2, -0.15) is 4.48 Å². The van der Waals surface area contributed by atoms with E-state index in [0.717, 1.165) is 38.5 Å². The summed E-state index contributed by atoms with van der Waals surface area (Å²) < 4.78 is 4.93. The van der Waals surface area contributed by atoms with Crippen molar-refractivity contribution in [1.29, 1.82) is 0 Å². The number of hydrogen-bond acceptors (Lipinski definition) is 7. The third-order valence-corrected chi connectivity index (χ3v) is 7.81. The summed E-state index contributed by atoms with van der Waals surface area (Å²) in [6.45, 7) is 1.96. The number of likely N-dealkylation sites (tertiary alicyclic amines) is 1. The number of ether oxygens (including phenoxy) is 1. The number of hydroxylamine groups is 2. The van der Waals surface area contributed by atoms with Gasteiger partial charge in [0.25, 0.3) is 0 Å². The highest BCUT2D eigenvalue weighted by atomic mass is 16.6.